The zero-order valence-corrected chi connectivity index (χ0v) is 9.11. The first-order valence-electron chi connectivity index (χ1n) is 5.36. The highest BCUT2D eigenvalue weighted by atomic mass is 32.2. The molecule has 2 N–H and O–H groups in total. The molecule has 2 aliphatic rings. The lowest BCUT2D eigenvalue weighted by Crippen LogP contribution is -2.56. The summed E-state index contributed by atoms with van der Waals surface area (Å²) in [5.74, 6) is 0.482. The van der Waals surface area contributed by atoms with Crippen molar-refractivity contribution in [2.45, 2.75) is 42.9 Å². The van der Waals surface area contributed by atoms with Gasteiger partial charge in [0, 0.05) is 5.25 Å². The van der Waals surface area contributed by atoms with Gasteiger partial charge in [0.15, 0.2) is 0 Å². The molecular formula is C10H17NO2S. The Morgan fingerprint density at radius 1 is 1.43 bits per heavy atom. The van der Waals surface area contributed by atoms with Gasteiger partial charge >= 0.3 is 5.97 Å². The van der Waals surface area contributed by atoms with Crippen molar-refractivity contribution in [2.24, 2.45) is 0 Å². The van der Waals surface area contributed by atoms with Crippen molar-refractivity contribution in [1.29, 1.82) is 0 Å². The molecule has 2 unspecified atom stereocenters. The van der Waals surface area contributed by atoms with E-state index in [0.717, 1.165) is 31.6 Å². The third-order valence-corrected chi connectivity index (χ3v) is 4.86. The number of carbonyl (C=O) groups is 1. The fraction of sp³-hybridized carbons (Fsp3) is 0.900. The summed E-state index contributed by atoms with van der Waals surface area (Å²) in [6.07, 6.45) is 5.30. The molecule has 2 atom stereocenters. The SMILES string of the molecule is O=C(O)C1(C2CCCCS2)CCCN1. The summed E-state index contributed by atoms with van der Waals surface area (Å²) in [6.45, 7) is 0.864. The molecule has 14 heavy (non-hydrogen) atoms. The van der Waals surface area contributed by atoms with Gasteiger partial charge in [-0.15, -0.1) is 0 Å². The minimum Gasteiger partial charge on any atom is -0.480 e. The lowest BCUT2D eigenvalue weighted by molar-refractivity contribution is -0.144. The van der Waals surface area contributed by atoms with E-state index in [1.165, 1.54) is 12.8 Å². The van der Waals surface area contributed by atoms with Crippen LogP contribution in [0.15, 0.2) is 0 Å². The van der Waals surface area contributed by atoms with Crippen LogP contribution in [0.3, 0.4) is 0 Å². The molecule has 2 rings (SSSR count). The van der Waals surface area contributed by atoms with E-state index in [1.54, 1.807) is 0 Å². The third-order valence-electron chi connectivity index (χ3n) is 3.30. The zero-order chi connectivity index (χ0) is 10.0. The van der Waals surface area contributed by atoms with E-state index < -0.39 is 11.5 Å². The van der Waals surface area contributed by atoms with Gasteiger partial charge in [0.2, 0.25) is 0 Å². The van der Waals surface area contributed by atoms with Crippen LogP contribution in [0.5, 0.6) is 0 Å². The molecule has 0 bridgehead atoms. The largest absolute Gasteiger partial charge is 0.480 e. The Hall–Kier alpha value is -0.220. The number of nitrogens with one attached hydrogen (secondary N) is 1. The maximum absolute atomic E-state index is 11.3. The van der Waals surface area contributed by atoms with Crippen LogP contribution in [-0.4, -0.2) is 34.2 Å². The van der Waals surface area contributed by atoms with Crippen LogP contribution in [0.25, 0.3) is 0 Å². The van der Waals surface area contributed by atoms with Crippen molar-refractivity contribution in [1.82, 2.24) is 5.32 Å². The number of aliphatic carboxylic acids is 1. The first-order chi connectivity index (χ1) is 6.76. The normalized spacial score (nSPS) is 38.4. The van der Waals surface area contributed by atoms with E-state index in [2.05, 4.69) is 5.32 Å². The zero-order valence-electron chi connectivity index (χ0n) is 8.29. The van der Waals surface area contributed by atoms with Gasteiger partial charge in [-0.1, -0.05) is 6.42 Å². The van der Waals surface area contributed by atoms with Crippen LogP contribution < -0.4 is 5.32 Å². The van der Waals surface area contributed by atoms with Crippen LogP contribution in [0.2, 0.25) is 0 Å². The summed E-state index contributed by atoms with van der Waals surface area (Å²) in [7, 11) is 0. The minimum atomic E-state index is -0.644. The highest BCUT2D eigenvalue weighted by molar-refractivity contribution is 8.00. The standard InChI is InChI=1S/C10H17NO2S/c12-9(13)10(5-3-6-11-10)8-4-1-2-7-14-8/h8,11H,1-7H2,(H,12,13). The van der Waals surface area contributed by atoms with E-state index in [1.807, 2.05) is 11.8 Å². The van der Waals surface area contributed by atoms with Crippen molar-refractivity contribution in [3.63, 3.8) is 0 Å². The second kappa shape index (κ2) is 4.11. The number of carboxylic acid groups (broad SMARTS) is 1. The third kappa shape index (κ3) is 1.65. The van der Waals surface area contributed by atoms with Gasteiger partial charge in [0.25, 0.3) is 0 Å². The maximum Gasteiger partial charge on any atom is 0.325 e. The van der Waals surface area contributed by atoms with Crippen LogP contribution >= 0.6 is 11.8 Å². The predicted molar refractivity (Wildman–Crippen MR) is 57.7 cm³/mol. The monoisotopic (exact) mass is 215 g/mol. The molecule has 80 valence electrons. The molecule has 2 heterocycles. The van der Waals surface area contributed by atoms with Gasteiger partial charge < -0.3 is 10.4 Å². The van der Waals surface area contributed by atoms with Gasteiger partial charge in [-0.05, 0) is 38.0 Å². The molecule has 2 aliphatic heterocycles. The van der Waals surface area contributed by atoms with Gasteiger partial charge in [0.05, 0.1) is 0 Å². The number of carboxylic acids is 1. The average Bonchev–Trinajstić information content (AvgIpc) is 2.69. The first-order valence-corrected chi connectivity index (χ1v) is 6.40. The first kappa shape index (κ1) is 10.3. The van der Waals surface area contributed by atoms with E-state index in [4.69, 9.17) is 0 Å². The Morgan fingerprint density at radius 2 is 2.29 bits per heavy atom. The van der Waals surface area contributed by atoms with Gasteiger partial charge in [-0.25, -0.2) is 0 Å². The molecule has 0 aliphatic carbocycles. The van der Waals surface area contributed by atoms with E-state index in [0.29, 0.717) is 0 Å². The quantitative estimate of drug-likeness (QED) is 0.732. The summed E-state index contributed by atoms with van der Waals surface area (Å²) in [6, 6.07) is 0. The highest BCUT2D eigenvalue weighted by Gasteiger charge is 2.48. The Kier molecular flexibility index (Phi) is 3.02. The van der Waals surface area contributed by atoms with E-state index >= 15 is 0 Å². The molecule has 2 saturated heterocycles. The molecule has 2 fully saturated rings. The molecule has 4 heteroatoms. The van der Waals surface area contributed by atoms with Crippen LogP contribution in [0.4, 0.5) is 0 Å². The lowest BCUT2D eigenvalue weighted by Gasteiger charge is -2.35. The predicted octanol–water partition coefficient (Wildman–Crippen LogP) is 1.48. The lowest BCUT2D eigenvalue weighted by atomic mass is 9.90. The summed E-state index contributed by atoms with van der Waals surface area (Å²) in [4.78, 5) is 11.3. The molecular weight excluding hydrogens is 198 g/mol. The summed E-state index contributed by atoms with van der Waals surface area (Å²) < 4.78 is 0. The molecule has 0 aromatic rings. The van der Waals surface area contributed by atoms with Gasteiger partial charge in [0.1, 0.15) is 5.54 Å². The topological polar surface area (TPSA) is 49.3 Å². The number of hydrogen-bond acceptors (Lipinski definition) is 3. The molecule has 0 saturated carbocycles. The van der Waals surface area contributed by atoms with Gasteiger partial charge in [-0.3, -0.25) is 4.79 Å². The molecule has 3 nitrogen and oxygen atoms in total. The Labute approximate surface area is 88.6 Å². The molecule has 0 spiro atoms. The fourth-order valence-electron chi connectivity index (χ4n) is 2.49. The van der Waals surface area contributed by atoms with Gasteiger partial charge in [-0.2, -0.15) is 11.8 Å². The van der Waals surface area contributed by atoms with Crippen molar-refractivity contribution < 1.29 is 9.90 Å². The van der Waals surface area contributed by atoms with Crippen molar-refractivity contribution >= 4 is 17.7 Å². The number of rotatable bonds is 2. The Morgan fingerprint density at radius 3 is 2.79 bits per heavy atom. The maximum atomic E-state index is 11.3. The van der Waals surface area contributed by atoms with Crippen molar-refractivity contribution in [3.05, 3.63) is 0 Å². The minimum absolute atomic E-state index is 0.288. The van der Waals surface area contributed by atoms with Crippen molar-refractivity contribution in [3.8, 4) is 0 Å². The smallest absolute Gasteiger partial charge is 0.325 e. The van der Waals surface area contributed by atoms with E-state index in [-0.39, 0.29) is 5.25 Å². The molecule has 0 aromatic carbocycles. The second-order valence-electron chi connectivity index (χ2n) is 4.16. The average molecular weight is 215 g/mol. The van der Waals surface area contributed by atoms with E-state index in [9.17, 15) is 9.90 Å². The Balaban J connectivity index is 2.12. The number of hydrogen-bond donors (Lipinski definition) is 2. The summed E-state index contributed by atoms with van der Waals surface area (Å²) in [5.41, 5.74) is -0.606. The summed E-state index contributed by atoms with van der Waals surface area (Å²) in [5, 5.41) is 12.8. The highest BCUT2D eigenvalue weighted by Crippen LogP contribution is 2.38. The molecule has 0 amide bonds. The number of thioether (sulfide) groups is 1. The van der Waals surface area contributed by atoms with Crippen LogP contribution in [0, 0.1) is 0 Å². The van der Waals surface area contributed by atoms with Crippen LogP contribution in [-0.2, 0) is 4.79 Å². The van der Waals surface area contributed by atoms with Crippen LogP contribution in [0.1, 0.15) is 32.1 Å². The molecule has 0 aromatic heterocycles. The second-order valence-corrected chi connectivity index (χ2v) is 5.47. The summed E-state index contributed by atoms with van der Waals surface area (Å²) >= 11 is 1.84. The Bertz CT molecular complexity index is 220. The van der Waals surface area contributed by atoms with Crippen molar-refractivity contribution in [2.75, 3.05) is 12.3 Å². The molecule has 0 radical (unpaired) electrons. The fourth-order valence-corrected chi connectivity index (χ4v) is 4.07.